The van der Waals surface area contributed by atoms with Gasteiger partial charge in [0.25, 0.3) is 0 Å². The van der Waals surface area contributed by atoms with Crippen LogP contribution in [0.1, 0.15) is 135 Å². The first-order chi connectivity index (χ1) is 25.1. The van der Waals surface area contributed by atoms with Gasteiger partial charge >= 0.3 is 34.5 Å². The van der Waals surface area contributed by atoms with Crippen molar-refractivity contribution in [3.05, 3.63) is 107 Å². The fourth-order valence-corrected chi connectivity index (χ4v) is 15.1. The van der Waals surface area contributed by atoms with Gasteiger partial charge in [0.05, 0.1) is 17.0 Å². The van der Waals surface area contributed by atoms with Crippen molar-refractivity contribution < 1.29 is 15.1 Å². The molecule has 288 valence electrons. The zero-order valence-electron chi connectivity index (χ0n) is 33.2. The topological polar surface area (TPSA) is 6.48 Å². The van der Waals surface area contributed by atoms with Crippen molar-refractivity contribution in [2.75, 3.05) is 22.9 Å². The second kappa shape index (κ2) is 23.0. The van der Waals surface area contributed by atoms with Crippen molar-refractivity contribution in [1.29, 1.82) is 0 Å². The summed E-state index contributed by atoms with van der Waals surface area (Å²) in [6, 6.07) is 19.0. The van der Waals surface area contributed by atoms with Crippen LogP contribution in [0.4, 0.5) is 11.4 Å². The molecule has 0 radical (unpaired) electrons. The molecular formula is C46H68Cl2N2PRu+. The van der Waals surface area contributed by atoms with Gasteiger partial charge in [0.1, 0.15) is 0 Å². The molecule has 1 aliphatic heterocycles. The molecule has 0 N–H and O–H groups in total. The van der Waals surface area contributed by atoms with Crippen LogP contribution in [0.3, 0.4) is 0 Å². The van der Waals surface area contributed by atoms with Crippen molar-refractivity contribution in [2.24, 2.45) is 0 Å². The Bertz CT molecular complexity index is 1310. The van der Waals surface area contributed by atoms with E-state index in [2.05, 4.69) is 89.2 Å². The summed E-state index contributed by atoms with van der Waals surface area (Å²) in [5, 5.41) is 0. The maximum atomic E-state index is 4.85. The number of aryl methyl sites for hydroxylation is 6. The Balaban J connectivity index is 0.000000186. The molecule has 0 amide bonds. The summed E-state index contributed by atoms with van der Waals surface area (Å²) in [4.78, 5) is 4.81. The Kier molecular flexibility index (Phi) is 19.2. The van der Waals surface area contributed by atoms with E-state index >= 15 is 0 Å². The summed E-state index contributed by atoms with van der Waals surface area (Å²) in [5.74, 6) is 0. The standard InChI is InChI=1S/C21H27N2.C18H33P.C7H7.2ClH.Ru/c1-14-9-16(3)20(17(4)10-14)22-7-8-23(13-22)21-18(5)11-15(2)12-19(21)6;1-4-10-16(11-5-1)19(17-12-6-2-7-13-17)18-14-8-3-9-15-18;1-7-5-3-2-4-6-7;;;/h9-13H,7-8H2,1-6H3;16-18H,1-15H2;2-6H,1H2;2*1H;/q-1;;-1;;;+4/p-1. The van der Waals surface area contributed by atoms with E-state index in [4.69, 9.17) is 19.4 Å². The molecule has 1 saturated heterocycles. The molecule has 4 aliphatic rings. The quantitative estimate of drug-likeness (QED) is 0.143. The zero-order valence-corrected chi connectivity index (χ0v) is 37.5. The van der Waals surface area contributed by atoms with Gasteiger partial charge in [-0.1, -0.05) is 60.7 Å². The van der Waals surface area contributed by atoms with Crippen LogP contribution in [0.2, 0.25) is 0 Å². The van der Waals surface area contributed by atoms with Crippen LogP contribution >= 0.6 is 27.3 Å². The van der Waals surface area contributed by atoms with Crippen LogP contribution < -0.4 is 9.80 Å². The third kappa shape index (κ3) is 13.2. The summed E-state index contributed by atoms with van der Waals surface area (Å²) in [6.45, 7) is 21.3. The molecule has 1 heterocycles. The van der Waals surface area contributed by atoms with Crippen LogP contribution in [-0.2, 0) is 15.1 Å². The molecule has 52 heavy (non-hydrogen) atoms. The molecular weight excluding hydrogens is 783 g/mol. The molecule has 0 aromatic heterocycles. The SMILES string of the molecule is C1CCC([PH+](C2CCCCC2)C2CCCCC2)CC1.Cc1cc(C)c(N2[CH-]N(c3c(C)cc(C)cc3C)CC2)c(C)c1.[CH2-]c1ccccc1.[Cl][Ru+2][Cl]. The molecule has 3 aliphatic carbocycles. The molecule has 7 rings (SSSR count). The van der Waals surface area contributed by atoms with Gasteiger partial charge in [0, 0.05) is 32.4 Å². The number of benzene rings is 3. The molecule has 3 aromatic rings. The van der Waals surface area contributed by atoms with Gasteiger partial charge in [-0.3, -0.25) is 0 Å². The Morgan fingerprint density at radius 1 is 0.558 bits per heavy atom. The van der Waals surface area contributed by atoms with Crippen molar-refractivity contribution in [2.45, 2.75) is 155 Å². The number of rotatable bonds is 5. The maximum absolute atomic E-state index is 4.85. The van der Waals surface area contributed by atoms with Crippen LogP contribution in [0.25, 0.3) is 0 Å². The minimum atomic E-state index is -0.346. The third-order valence-corrected chi connectivity index (χ3v) is 16.3. The average molecular weight is 852 g/mol. The van der Waals surface area contributed by atoms with Crippen LogP contribution in [0.15, 0.2) is 54.6 Å². The molecule has 0 bridgehead atoms. The van der Waals surface area contributed by atoms with Crippen molar-refractivity contribution in [1.82, 2.24) is 0 Å². The summed E-state index contributed by atoms with van der Waals surface area (Å²) < 4.78 is 0. The third-order valence-electron chi connectivity index (χ3n) is 11.8. The molecule has 4 fully saturated rings. The first-order valence-corrected chi connectivity index (χ1v) is 26.5. The predicted octanol–water partition coefficient (Wildman–Crippen LogP) is 14.4. The minimum absolute atomic E-state index is 0.0465. The fourth-order valence-electron chi connectivity index (χ4n) is 9.87. The molecule has 0 unspecified atom stereocenters. The number of hydrogen-bond acceptors (Lipinski definition) is 2. The van der Waals surface area contributed by atoms with Gasteiger partial charge < -0.3 is 9.80 Å². The second-order valence-corrected chi connectivity index (χ2v) is 22.1. The normalized spacial score (nSPS) is 18.6. The van der Waals surface area contributed by atoms with Gasteiger partial charge in [-0.25, -0.2) is 0 Å². The molecule has 6 heteroatoms. The van der Waals surface area contributed by atoms with Gasteiger partial charge in [-0.05, 0) is 141 Å². The summed E-state index contributed by atoms with van der Waals surface area (Å²) >= 11 is -0.346. The monoisotopic (exact) mass is 851 g/mol. The zero-order chi connectivity index (χ0) is 37.5. The summed E-state index contributed by atoms with van der Waals surface area (Å²) in [6.07, 6.45) is 23.8. The van der Waals surface area contributed by atoms with E-state index in [9.17, 15) is 0 Å². The summed E-state index contributed by atoms with van der Waals surface area (Å²) in [5.41, 5.74) is 15.6. The molecule has 0 atom stereocenters. The number of nitrogens with zero attached hydrogens (tertiary/aromatic N) is 2. The van der Waals surface area contributed by atoms with E-state index < -0.39 is 0 Å². The van der Waals surface area contributed by atoms with Crippen LogP contribution in [0.5, 0.6) is 0 Å². The van der Waals surface area contributed by atoms with Crippen LogP contribution in [0, 0.1) is 55.1 Å². The van der Waals surface area contributed by atoms with E-state index in [0.717, 1.165) is 18.7 Å². The molecule has 0 spiro atoms. The molecule has 3 saturated carbocycles. The predicted molar refractivity (Wildman–Crippen MR) is 232 cm³/mol. The Morgan fingerprint density at radius 2 is 0.865 bits per heavy atom. The Hall–Kier alpha value is -1.24. The molecule has 3 aromatic carbocycles. The second-order valence-electron chi connectivity index (χ2n) is 16.0. The first kappa shape index (κ1) is 43.5. The van der Waals surface area contributed by atoms with Gasteiger partial charge in [-0.2, -0.15) is 31.3 Å². The van der Waals surface area contributed by atoms with E-state index in [1.54, 1.807) is 96.3 Å². The molecule has 2 nitrogen and oxygen atoms in total. The van der Waals surface area contributed by atoms with Crippen molar-refractivity contribution >= 4 is 38.7 Å². The first-order valence-electron chi connectivity index (χ1n) is 20.3. The number of hydrogen-bond donors (Lipinski definition) is 0. The van der Waals surface area contributed by atoms with Crippen molar-refractivity contribution in [3.63, 3.8) is 0 Å². The Labute approximate surface area is 336 Å². The van der Waals surface area contributed by atoms with E-state index in [-0.39, 0.29) is 23.1 Å². The average Bonchev–Trinajstić information content (AvgIpc) is 3.59. The van der Waals surface area contributed by atoms with E-state index in [1.165, 1.54) is 61.7 Å². The van der Waals surface area contributed by atoms with Crippen LogP contribution in [-0.4, -0.2) is 30.1 Å². The number of anilines is 2. The van der Waals surface area contributed by atoms with Gasteiger partial charge in [-0.15, -0.1) is 12.1 Å². The van der Waals surface area contributed by atoms with E-state index in [1.807, 2.05) is 30.3 Å². The summed E-state index contributed by atoms with van der Waals surface area (Å²) in [7, 11) is 9.66. The van der Waals surface area contributed by atoms with Gasteiger partial charge in [0.15, 0.2) is 0 Å². The Morgan fingerprint density at radius 3 is 1.13 bits per heavy atom. The fraction of sp³-hybridized carbons (Fsp3) is 0.565. The van der Waals surface area contributed by atoms with Gasteiger partial charge in [0.2, 0.25) is 0 Å². The number of halogens is 2. The van der Waals surface area contributed by atoms with E-state index in [0.29, 0.717) is 0 Å². The van der Waals surface area contributed by atoms with Crippen molar-refractivity contribution in [3.8, 4) is 0 Å².